The molecule has 1 aliphatic rings. The van der Waals surface area contributed by atoms with Crippen molar-refractivity contribution in [2.45, 2.75) is 46.2 Å². The van der Waals surface area contributed by atoms with Crippen LogP contribution in [-0.4, -0.2) is 39.7 Å². The van der Waals surface area contributed by atoms with Gasteiger partial charge in [0.05, 0.1) is 12.2 Å². The first-order chi connectivity index (χ1) is 11.5. The molecule has 1 saturated heterocycles. The Kier molecular flexibility index (Phi) is 4.88. The normalized spacial score (nSPS) is 15.5. The number of hydrogen-bond acceptors (Lipinski definition) is 3. The number of aryl methyl sites for hydroxylation is 2. The van der Waals surface area contributed by atoms with Gasteiger partial charge in [-0.25, -0.2) is 0 Å². The average molecular weight is 326 g/mol. The van der Waals surface area contributed by atoms with E-state index < -0.39 is 0 Å². The number of likely N-dealkylation sites (tertiary alicyclic amines) is 1. The molecule has 0 saturated carbocycles. The largest absolute Gasteiger partial charge is 0.374 e. The molecule has 2 aromatic rings. The van der Waals surface area contributed by atoms with E-state index in [0.29, 0.717) is 0 Å². The molecule has 0 radical (unpaired) electrons. The minimum atomic E-state index is -0.202. The van der Waals surface area contributed by atoms with Crippen LogP contribution in [0, 0.1) is 13.8 Å². The summed E-state index contributed by atoms with van der Waals surface area (Å²) in [5.41, 5.74) is 4.34. The fourth-order valence-corrected chi connectivity index (χ4v) is 3.29. The molecule has 1 aliphatic heterocycles. The average Bonchev–Trinajstić information content (AvgIpc) is 3.17. The summed E-state index contributed by atoms with van der Waals surface area (Å²) in [4.78, 5) is 14.4. The highest BCUT2D eigenvalue weighted by Crippen LogP contribution is 2.16. The summed E-state index contributed by atoms with van der Waals surface area (Å²) in [5, 5.41) is 7.86. The van der Waals surface area contributed by atoms with Gasteiger partial charge in [0.2, 0.25) is 5.91 Å². The van der Waals surface area contributed by atoms with E-state index in [1.807, 2.05) is 35.6 Å². The van der Waals surface area contributed by atoms with Crippen molar-refractivity contribution in [2.24, 2.45) is 0 Å². The topological polar surface area (TPSA) is 50.2 Å². The first-order valence-electron chi connectivity index (χ1n) is 8.68. The number of carbonyl (C=O) groups excluding carboxylic acids is 1. The van der Waals surface area contributed by atoms with E-state index in [0.717, 1.165) is 49.6 Å². The highest BCUT2D eigenvalue weighted by molar-refractivity contribution is 5.84. The Hall–Kier alpha value is -2.30. The summed E-state index contributed by atoms with van der Waals surface area (Å²) in [7, 11) is 0. The van der Waals surface area contributed by atoms with Crippen LogP contribution < -0.4 is 5.32 Å². The Balaban J connectivity index is 1.66. The van der Waals surface area contributed by atoms with Gasteiger partial charge in [0, 0.05) is 24.5 Å². The molecular formula is C19H26N4O. The van der Waals surface area contributed by atoms with Crippen molar-refractivity contribution in [3.8, 4) is 0 Å². The number of amides is 1. The first kappa shape index (κ1) is 16.6. The summed E-state index contributed by atoms with van der Waals surface area (Å²) in [6.45, 7) is 8.54. The lowest BCUT2D eigenvalue weighted by molar-refractivity contribution is -0.130. The van der Waals surface area contributed by atoms with Gasteiger partial charge in [0.1, 0.15) is 6.04 Å². The highest BCUT2D eigenvalue weighted by atomic mass is 16.2. The quantitative estimate of drug-likeness (QED) is 0.919. The third-order valence-electron chi connectivity index (χ3n) is 4.53. The molecule has 1 amide bonds. The van der Waals surface area contributed by atoms with Crippen LogP contribution in [0.1, 0.15) is 36.7 Å². The number of carbonyl (C=O) groups is 1. The lowest BCUT2D eigenvalue weighted by Gasteiger charge is -2.22. The molecule has 1 aromatic heterocycles. The number of hydrogen-bond donors (Lipinski definition) is 1. The third kappa shape index (κ3) is 3.78. The Morgan fingerprint density at radius 1 is 1.25 bits per heavy atom. The maximum absolute atomic E-state index is 12.4. The van der Waals surface area contributed by atoms with Crippen molar-refractivity contribution >= 4 is 11.6 Å². The summed E-state index contributed by atoms with van der Waals surface area (Å²) in [5.74, 6) is 0.191. The van der Waals surface area contributed by atoms with Crippen LogP contribution in [0.2, 0.25) is 0 Å². The van der Waals surface area contributed by atoms with Gasteiger partial charge < -0.3 is 10.2 Å². The van der Waals surface area contributed by atoms with Gasteiger partial charge in [-0.2, -0.15) is 5.10 Å². The van der Waals surface area contributed by atoms with Gasteiger partial charge >= 0.3 is 0 Å². The van der Waals surface area contributed by atoms with Gasteiger partial charge in [0.25, 0.3) is 0 Å². The minimum Gasteiger partial charge on any atom is -0.374 e. The van der Waals surface area contributed by atoms with Crippen molar-refractivity contribution in [1.29, 1.82) is 0 Å². The number of aromatic nitrogens is 2. The molecule has 24 heavy (non-hydrogen) atoms. The summed E-state index contributed by atoms with van der Waals surface area (Å²) in [6.07, 6.45) is 2.24. The van der Waals surface area contributed by atoms with E-state index in [9.17, 15) is 4.79 Å². The molecule has 0 aliphatic carbocycles. The predicted octanol–water partition coefficient (Wildman–Crippen LogP) is 2.97. The van der Waals surface area contributed by atoms with Gasteiger partial charge in [0.15, 0.2) is 0 Å². The van der Waals surface area contributed by atoms with Crippen LogP contribution in [0.25, 0.3) is 0 Å². The number of nitrogens with one attached hydrogen (secondary N) is 1. The fraction of sp³-hybridized carbons (Fsp3) is 0.474. The van der Waals surface area contributed by atoms with E-state index in [1.165, 1.54) is 5.56 Å². The Labute approximate surface area is 143 Å². The highest BCUT2D eigenvalue weighted by Gasteiger charge is 2.22. The van der Waals surface area contributed by atoms with Crippen molar-refractivity contribution in [3.05, 3.63) is 47.3 Å². The molecule has 3 rings (SSSR count). The molecule has 1 N–H and O–H groups in total. The minimum absolute atomic E-state index is 0.191. The zero-order valence-corrected chi connectivity index (χ0v) is 14.7. The molecule has 0 spiro atoms. The van der Waals surface area contributed by atoms with E-state index >= 15 is 0 Å². The van der Waals surface area contributed by atoms with Crippen molar-refractivity contribution in [2.75, 3.05) is 18.4 Å². The maximum Gasteiger partial charge on any atom is 0.244 e. The molecule has 0 unspecified atom stereocenters. The Morgan fingerprint density at radius 2 is 2.00 bits per heavy atom. The van der Waals surface area contributed by atoms with Crippen LogP contribution in [0.5, 0.6) is 0 Å². The monoisotopic (exact) mass is 326 g/mol. The van der Waals surface area contributed by atoms with Gasteiger partial charge in [-0.15, -0.1) is 0 Å². The smallest absolute Gasteiger partial charge is 0.244 e. The second-order valence-electron chi connectivity index (χ2n) is 6.68. The zero-order chi connectivity index (χ0) is 17.1. The fourth-order valence-electron chi connectivity index (χ4n) is 3.29. The molecule has 1 atom stereocenters. The number of nitrogens with zero attached hydrogens (tertiary/aromatic N) is 3. The SMILES string of the molecule is Cc1cc(C)n(Cc2cccc(N[C@@H](C)C(=O)N3CCCC3)c2)n1. The van der Waals surface area contributed by atoms with Crippen LogP contribution in [0.4, 0.5) is 5.69 Å². The van der Waals surface area contributed by atoms with Crippen molar-refractivity contribution in [1.82, 2.24) is 14.7 Å². The van der Waals surface area contributed by atoms with Crippen LogP contribution in [0.3, 0.4) is 0 Å². The molecule has 0 bridgehead atoms. The number of benzene rings is 1. The van der Waals surface area contributed by atoms with E-state index in [-0.39, 0.29) is 11.9 Å². The van der Waals surface area contributed by atoms with E-state index in [4.69, 9.17) is 0 Å². The molecule has 5 nitrogen and oxygen atoms in total. The summed E-state index contributed by atoms with van der Waals surface area (Å²) >= 11 is 0. The van der Waals surface area contributed by atoms with Gasteiger partial charge in [-0.1, -0.05) is 12.1 Å². The van der Waals surface area contributed by atoms with Crippen LogP contribution >= 0.6 is 0 Å². The number of anilines is 1. The van der Waals surface area contributed by atoms with Crippen LogP contribution in [0.15, 0.2) is 30.3 Å². The van der Waals surface area contributed by atoms with Crippen molar-refractivity contribution in [3.63, 3.8) is 0 Å². The lowest BCUT2D eigenvalue weighted by Crippen LogP contribution is -2.39. The third-order valence-corrected chi connectivity index (χ3v) is 4.53. The summed E-state index contributed by atoms with van der Waals surface area (Å²) in [6, 6.07) is 10.1. The van der Waals surface area contributed by atoms with Crippen LogP contribution in [-0.2, 0) is 11.3 Å². The van der Waals surface area contributed by atoms with Gasteiger partial charge in [-0.3, -0.25) is 9.48 Å². The lowest BCUT2D eigenvalue weighted by atomic mass is 10.1. The number of rotatable bonds is 5. The first-order valence-corrected chi connectivity index (χ1v) is 8.68. The Bertz CT molecular complexity index is 716. The second kappa shape index (κ2) is 7.07. The maximum atomic E-state index is 12.4. The predicted molar refractivity (Wildman–Crippen MR) is 96.1 cm³/mol. The molecule has 1 aromatic carbocycles. The van der Waals surface area contributed by atoms with Crippen molar-refractivity contribution < 1.29 is 4.79 Å². The molecule has 128 valence electrons. The van der Waals surface area contributed by atoms with Gasteiger partial charge in [-0.05, 0) is 57.4 Å². The molecule has 2 heterocycles. The molecule has 5 heteroatoms. The summed E-state index contributed by atoms with van der Waals surface area (Å²) < 4.78 is 2.01. The standard InChI is InChI=1S/C19H26N4O/c1-14-11-15(2)23(21-14)13-17-7-6-8-18(12-17)20-16(3)19(24)22-9-4-5-10-22/h6-8,11-12,16,20H,4-5,9-10,13H2,1-3H3/t16-/m0/s1. The zero-order valence-electron chi connectivity index (χ0n) is 14.7. The Morgan fingerprint density at radius 3 is 2.67 bits per heavy atom. The van der Waals surface area contributed by atoms with E-state index in [1.54, 1.807) is 0 Å². The second-order valence-corrected chi connectivity index (χ2v) is 6.68. The van der Waals surface area contributed by atoms with E-state index in [2.05, 4.69) is 35.5 Å². The molecular weight excluding hydrogens is 300 g/mol. The molecule has 1 fully saturated rings.